The van der Waals surface area contributed by atoms with Crippen molar-refractivity contribution in [1.29, 1.82) is 0 Å². The van der Waals surface area contributed by atoms with Crippen LogP contribution < -0.4 is 10.6 Å². The fourth-order valence-corrected chi connectivity index (χ4v) is 2.90. The van der Waals surface area contributed by atoms with Crippen LogP contribution in [0.4, 0.5) is 15.9 Å². The van der Waals surface area contributed by atoms with Crippen molar-refractivity contribution in [1.82, 2.24) is 9.88 Å². The number of amides is 1. The molecule has 1 saturated heterocycles. The lowest BCUT2D eigenvalue weighted by Crippen LogP contribution is -2.39. The van der Waals surface area contributed by atoms with E-state index in [2.05, 4.69) is 20.5 Å². The highest BCUT2D eigenvalue weighted by molar-refractivity contribution is 6.34. The highest BCUT2D eigenvalue weighted by Crippen LogP contribution is 2.20. The molecule has 1 aliphatic rings. The standard InChI is InChI=1S/C18H20ClFN4O2/c19-14-2-1-3-15(20)17(14)18(25)23-13-4-5-16(22-12-13)21-6-7-24-8-10-26-11-9-24/h1-5,12H,6-11H2,(H,21,22)(H,23,25). The molecule has 6 nitrogen and oxygen atoms in total. The van der Waals surface area contributed by atoms with E-state index in [-0.39, 0.29) is 10.6 Å². The summed E-state index contributed by atoms with van der Waals surface area (Å²) in [5, 5.41) is 5.90. The van der Waals surface area contributed by atoms with E-state index in [4.69, 9.17) is 16.3 Å². The number of rotatable bonds is 6. The molecular formula is C18H20ClFN4O2. The first kappa shape index (κ1) is 18.6. The van der Waals surface area contributed by atoms with Crippen molar-refractivity contribution in [3.63, 3.8) is 0 Å². The molecule has 0 unspecified atom stereocenters. The number of carbonyl (C=O) groups is 1. The van der Waals surface area contributed by atoms with Crippen LogP contribution in [0.2, 0.25) is 5.02 Å². The molecule has 0 aliphatic carbocycles. The Kier molecular flexibility index (Phi) is 6.38. The van der Waals surface area contributed by atoms with Gasteiger partial charge in [-0.15, -0.1) is 0 Å². The van der Waals surface area contributed by atoms with Gasteiger partial charge in [0.15, 0.2) is 0 Å². The van der Waals surface area contributed by atoms with E-state index in [1.165, 1.54) is 24.4 Å². The molecule has 138 valence electrons. The van der Waals surface area contributed by atoms with Gasteiger partial charge in [-0.05, 0) is 24.3 Å². The molecule has 2 aromatic rings. The van der Waals surface area contributed by atoms with Crippen LogP contribution in [0.3, 0.4) is 0 Å². The fraction of sp³-hybridized carbons (Fsp3) is 0.333. The third kappa shape index (κ3) is 4.91. The zero-order valence-corrected chi connectivity index (χ0v) is 14.9. The van der Waals surface area contributed by atoms with Crippen LogP contribution in [0.1, 0.15) is 10.4 Å². The molecule has 1 aromatic carbocycles. The van der Waals surface area contributed by atoms with Crippen LogP contribution in [0.15, 0.2) is 36.5 Å². The number of pyridine rings is 1. The molecule has 0 bridgehead atoms. The molecule has 1 fully saturated rings. The van der Waals surface area contributed by atoms with Gasteiger partial charge in [-0.2, -0.15) is 0 Å². The number of carbonyl (C=O) groups excluding carboxylic acids is 1. The minimum atomic E-state index is -0.663. The summed E-state index contributed by atoms with van der Waals surface area (Å²) < 4.78 is 19.1. The first-order valence-electron chi connectivity index (χ1n) is 8.39. The lowest BCUT2D eigenvalue weighted by Gasteiger charge is -2.26. The predicted molar refractivity (Wildman–Crippen MR) is 99.3 cm³/mol. The van der Waals surface area contributed by atoms with Crippen LogP contribution in [0.5, 0.6) is 0 Å². The maximum atomic E-state index is 13.8. The minimum Gasteiger partial charge on any atom is -0.379 e. The van der Waals surface area contributed by atoms with Crippen molar-refractivity contribution in [2.75, 3.05) is 50.0 Å². The van der Waals surface area contributed by atoms with Crippen LogP contribution in [0, 0.1) is 5.82 Å². The quantitative estimate of drug-likeness (QED) is 0.809. The first-order chi connectivity index (χ1) is 12.6. The summed E-state index contributed by atoms with van der Waals surface area (Å²) in [6.45, 7) is 5.12. The number of anilines is 2. The second-order valence-electron chi connectivity index (χ2n) is 5.86. The van der Waals surface area contributed by atoms with Gasteiger partial charge in [0.25, 0.3) is 5.91 Å². The lowest BCUT2D eigenvalue weighted by atomic mass is 10.2. The summed E-state index contributed by atoms with van der Waals surface area (Å²) >= 11 is 5.90. The van der Waals surface area contributed by atoms with Crippen LogP contribution in [-0.2, 0) is 4.74 Å². The molecule has 0 spiro atoms. The van der Waals surface area contributed by atoms with E-state index in [1.807, 2.05) is 0 Å². The van der Waals surface area contributed by atoms with Gasteiger partial charge in [0.1, 0.15) is 11.6 Å². The van der Waals surface area contributed by atoms with Crippen molar-refractivity contribution >= 4 is 29.0 Å². The van der Waals surface area contributed by atoms with Crippen LogP contribution >= 0.6 is 11.6 Å². The molecule has 8 heteroatoms. The third-order valence-corrected chi connectivity index (χ3v) is 4.36. The summed E-state index contributed by atoms with van der Waals surface area (Å²) in [7, 11) is 0. The van der Waals surface area contributed by atoms with Gasteiger partial charge >= 0.3 is 0 Å². The van der Waals surface area contributed by atoms with Gasteiger partial charge < -0.3 is 15.4 Å². The smallest absolute Gasteiger partial charge is 0.260 e. The maximum Gasteiger partial charge on any atom is 0.260 e. The van der Waals surface area contributed by atoms with Crippen molar-refractivity contribution < 1.29 is 13.9 Å². The molecule has 1 aliphatic heterocycles. The number of benzene rings is 1. The van der Waals surface area contributed by atoms with E-state index in [9.17, 15) is 9.18 Å². The molecule has 0 saturated carbocycles. The highest BCUT2D eigenvalue weighted by Gasteiger charge is 2.16. The minimum absolute atomic E-state index is 0.0665. The number of aromatic nitrogens is 1. The fourth-order valence-electron chi connectivity index (χ4n) is 2.65. The zero-order valence-electron chi connectivity index (χ0n) is 14.2. The van der Waals surface area contributed by atoms with Gasteiger partial charge in [-0.3, -0.25) is 9.69 Å². The van der Waals surface area contributed by atoms with E-state index >= 15 is 0 Å². The zero-order chi connectivity index (χ0) is 18.4. The summed E-state index contributed by atoms with van der Waals surface area (Å²) in [6.07, 6.45) is 1.52. The SMILES string of the molecule is O=C(Nc1ccc(NCCN2CCOCC2)nc1)c1c(F)cccc1Cl. The Hall–Kier alpha value is -2.22. The maximum absolute atomic E-state index is 13.8. The highest BCUT2D eigenvalue weighted by atomic mass is 35.5. The van der Waals surface area contributed by atoms with Crippen molar-refractivity contribution in [3.05, 3.63) is 52.9 Å². The Morgan fingerprint density at radius 3 is 2.77 bits per heavy atom. The molecule has 2 heterocycles. The van der Waals surface area contributed by atoms with Crippen LogP contribution in [0.25, 0.3) is 0 Å². The molecule has 3 rings (SSSR count). The molecule has 2 N–H and O–H groups in total. The van der Waals surface area contributed by atoms with E-state index in [0.717, 1.165) is 39.4 Å². The number of hydrogen-bond donors (Lipinski definition) is 2. The molecule has 1 aromatic heterocycles. The van der Waals surface area contributed by atoms with Gasteiger partial charge in [0.05, 0.1) is 35.7 Å². The Bertz CT molecular complexity index is 731. The summed E-state index contributed by atoms with van der Waals surface area (Å²) in [5.74, 6) is -0.563. The molecule has 0 radical (unpaired) electrons. The van der Waals surface area contributed by atoms with Crippen molar-refractivity contribution in [2.24, 2.45) is 0 Å². The number of halogens is 2. The van der Waals surface area contributed by atoms with Gasteiger partial charge in [0, 0.05) is 26.2 Å². The Morgan fingerprint density at radius 1 is 1.27 bits per heavy atom. The number of nitrogens with one attached hydrogen (secondary N) is 2. The van der Waals surface area contributed by atoms with E-state index in [1.54, 1.807) is 12.1 Å². The summed E-state index contributed by atoms with van der Waals surface area (Å²) in [5.41, 5.74) is 0.287. The molecule has 26 heavy (non-hydrogen) atoms. The number of nitrogens with zero attached hydrogens (tertiary/aromatic N) is 2. The van der Waals surface area contributed by atoms with E-state index in [0.29, 0.717) is 11.5 Å². The first-order valence-corrected chi connectivity index (χ1v) is 8.76. The lowest BCUT2D eigenvalue weighted by molar-refractivity contribution is 0.0398. The average molecular weight is 379 g/mol. The second kappa shape index (κ2) is 8.93. The van der Waals surface area contributed by atoms with Crippen molar-refractivity contribution in [3.8, 4) is 0 Å². The molecule has 1 amide bonds. The second-order valence-corrected chi connectivity index (χ2v) is 6.27. The van der Waals surface area contributed by atoms with Crippen molar-refractivity contribution in [2.45, 2.75) is 0 Å². The van der Waals surface area contributed by atoms with Crippen LogP contribution in [-0.4, -0.2) is 55.2 Å². The predicted octanol–water partition coefficient (Wildman–Crippen LogP) is 2.87. The summed E-state index contributed by atoms with van der Waals surface area (Å²) in [6, 6.07) is 7.59. The normalized spacial score (nSPS) is 14.8. The van der Waals surface area contributed by atoms with Gasteiger partial charge in [-0.25, -0.2) is 9.37 Å². The topological polar surface area (TPSA) is 66.5 Å². The Labute approximate surface area is 156 Å². The molecular weight excluding hydrogens is 359 g/mol. The largest absolute Gasteiger partial charge is 0.379 e. The molecule has 0 atom stereocenters. The monoisotopic (exact) mass is 378 g/mol. The average Bonchev–Trinajstić information content (AvgIpc) is 2.64. The number of morpholine rings is 1. The summed E-state index contributed by atoms with van der Waals surface area (Å²) in [4.78, 5) is 18.8. The Balaban J connectivity index is 1.51. The third-order valence-electron chi connectivity index (χ3n) is 4.05. The van der Waals surface area contributed by atoms with Gasteiger partial charge in [0.2, 0.25) is 0 Å². The van der Waals surface area contributed by atoms with Gasteiger partial charge in [-0.1, -0.05) is 17.7 Å². The number of ether oxygens (including phenoxy) is 1. The van der Waals surface area contributed by atoms with E-state index < -0.39 is 11.7 Å². The Morgan fingerprint density at radius 2 is 2.08 bits per heavy atom. The number of hydrogen-bond acceptors (Lipinski definition) is 5.